The third-order valence-corrected chi connectivity index (χ3v) is 2.99. The molecule has 4 nitrogen and oxygen atoms in total. The molecule has 0 amide bonds. The van der Waals surface area contributed by atoms with E-state index in [-0.39, 0.29) is 5.97 Å². The van der Waals surface area contributed by atoms with Crippen molar-refractivity contribution in [1.82, 2.24) is 5.32 Å². The van der Waals surface area contributed by atoms with Crippen LogP contribution in [-0.2, 0) is 16.1 Å². The van der Waals surface area contributed by atoms with Crippen LogP contribution < -0.4 is 10.1 Å². The van der Waals surface area contributed by atoms with Gasteiger partial charge in [0, 0.05) is 17.1 Å². The van der Waals surface area contributed by atoms with E-state index in [0.29, 0.717) is 30.3 Å². The molecule has 0 aliphatic heterocycles. The Kier molecular flexibility index (Phi) is 7.41. The Hall–Kier alpha value is -1.26. The standard InChI is InChI=1S/C15H22ClNO3/c1-4-6-14(15(18)19-5-2)20-13-8-7-12(16)9-11(13)10-17-3/h7-9,14,17H,4-6,10H2,1-3H3. The zero-order valence-corrected chi connectivity index (χ0v) is 13.0. The summed E-state index contributed by atoms with van der Waals surface area (Å²) in [5.74, 6) is 0.343. The molecule has 0 fully saturated rings. The highest BCUT2D eigenvalue weighted by Crippen LogP contribution is 2.25. The Morgan fingerprint density at radius 2 is 2.15 bits per heavy atom. The van der Waals surface area contributed by atoms with Gasteiger partial charge in [-0.25, -0.2) is 4.79 Å². The number of halogens is 1. The van der Waals surface area contributed by atoms with Crippen LogP contribution in [0.1, 0.15) is 32.3 Å². The lowest BCUT2D eigenvalue weighted by Gasteiger charge is -2.19. The van der Waals surface area contributed by atoms with E-state index in [1.54, 1.807) is 19.1 Å². The van der Waals surface area contributed by atoms with Crippen LogP contribution in [0.3, 0.4) is 0 Å². The molecule has 1 unspecified atom stereocenters. The number of carbonyl (C=O) groups is 1. The first kappa shape index (κ1) is 16.8. The summed E-state index contributed by atoms with van der Waals surface area (Å²) in [5.41, 5.74) is 0.922. The molecule has 0 saturated heterocycles. The van der Waals surface area contributed by atoms with Crippen molar-refractivity contribution in [2.24, 2.45) is 0 Å². The Balaban J connectivity index is 2.89. The van der Waals surface area contributed by atoms with Crippen LogP contribution in [0.4, 0.5) is 0 Å². The fraction of sp³-hybridized carbons (Fsp3) is 0.533. The van der Waals surface area contributed by atoms with Gasteiger partial charge in [0.2, 0.25) is 0 Å². The van der Waals surface area contributed by atoms with Crippen LogP contribution in [0.2, 0.25) is 5.02 Å². The van der Waals surface area contributed by atoms with Gasteiger partial charge in [-0.3, -0.25) is 0 Å². The van der Waals surface area contributed by atoms with Crippen LogP contribution >= 0.6 is 11.6 Å². The summed E-state index contributed by atoms with van der Waals surface area (Å²) in [7, 11) is 1.85. The molecule has 0 aromatic heterocycles. The van der Waals surface area contributed by atoms with Gasteiger partial charge in [0.1, 0.15) is 5.75 Å². The van der Waals surface area contributed by atoms with E-state index in [1.165, 1.54) is 0 Å². The molecule has 0 heterocycles. The third kappa shape index (κ3) is 5.02. The van der Waals surface area contributed by atoms with Crippen LogP contribution in [-0.4, -0.2) is 25.7 Å². The molecule has 1 atom stereocenters. The van der Waals surface area contributed by atoms with Crippen molar-refractivity contribution < 1.29 is 14.3 Å². The molecule has 0 bridgehead atoms. The normalized spacial score (nSPS) is 12.0. The number of hydrogen-bond acceptors (Lipinski definition) is 4. The van der Waals surface area contributed by atoms with Gasteiger partial charge in [0.25, 0.3) is 0 Å². The predicted molar refractivity (Wildman–Crippen MR) is 80.2 cm³/mol. The maximum atomic E-state index is 11.9. The Morgan fingerprint density at radius 1 is 1.40 bits per heavy atom. The molecule has 0 spiro atoms. The van der Waals surface area contributed by atoms with E-state index in [2.05, 4.69) is 5.32 Å². The number of hydrogen-bond donors (Lipinski definition) is 1. The number of carbonyl (C=O) groups excluding carboxylic acids is 1. The molecule has 5 heteroatoms. The van der Waals surface area contributed by atoms with Crippen LogP contribution in [0.15, 0.2) is 18.2 Å². The van der Waals surface area contributed by atoms with E-state index >= 15 is 0 Å². The van der Waals surface area contributed by atoms with Gasteiger partial charge in [-0.2, -0.15) is 0 Å². The first-order chi connectivity index (χ1) is 9.62. The summed E-state index contributed by atoms with van der Waals surface area (Å²) >= 11 is 5.99. The van der Waals surface area contributed by atoms with E-state index in [9.17, 15) is 4.79 Å². The van der Waals surface area contributed by atoms with Crippen molar-refractivity contribution in [3.8, 4) is 5.75 Å². The van der Waals surface area contributed by atoms with Gasteiger partial charge in [-0.15, -0.1) is 0 Å². The summed E-state index contributed by atoms with van der Waals surface area (Å²) < 4.78 is 10.9. The minimum absolute atomic E-state index is 0.320. The SMILES string of the molecule is CCCC(Oc1ccc(Cl)cc1CNC)C(=O)OCC. The van der Waals surface area contributed by atoms with E-state index in [0.717, 1.165) is 12.0 Å². The first-order valence-corrected chi connectivity index (χ1v) is 7.26. The Bertz CT molecular complexity index is 437. The minimum atomic E-state index is -0.572. The molecule has 0 aliphatic rings. The Labute approximate surface area is 125 Å². The molecule has 1 rings (SSSR count). The van der Waals surface area contributed by atoms with Gasteiger partial charge in [0.05, 0.1) is 6.61 Å². The number of rotatable bonds is 8. The molecule has 112 valence electrons. The predicted octanol–water partition coefficient (Wildman–Crippen LogP) is 3.17. The second kappa shape index (κ2) is 8.82. The second-order valence-corrected chi connectivity index (χ2v) is 4.87. The number of nitrogens with one attached hydrogen (secondary N) is 1. The average molecular weight is 300 g/mol. The largest absolute Gasteiger partial charge is 0.478 e. The van der Waals surface area contributed by atoms with Gasteiger partial charge >= 0.3 is 5.97 Å². The molecule has 20 heavy (non-hydrogen) atoms. The van der Waals surface area contributed by atoms with Gasteiger partial charge < -0.3 is 14.8 Å². The van der Waals surface area contributed by atoms with Crippen molar-refractivity contribution in [3.63, 3.8) is 0 Å². The molecule has 0 saturated carbocycles. The molecule has 1 aromatic carbocycles. The van der Waals surface area contributed by atoms with Gasteiger partial charge in [-0.05, 0) is 38.6 Å². The van der Waals surface area contributed by atoms with Crippen molar-refractivity contribution in [1.29, 1.82) is 0 Å². The van der Waals surface area contributed by atoms with Crippen LogP contribution in [0.25, 0.3) is 0 Å². The summed E-state index contributed by atoms with van der Waals surface area (Å²) in [6.45, 7) is 4.77. The van der Waals surface area contributed by atoms with Crippen LogP contribution in [0.5, 0.6) is 5.75 Å². The van der Waals surface area contributed by atoms with Crippen LogP contribution in [0, 0.1) is 0 Å². The molecular formula is C15H22ClNO3. The highest BCUT2D eigenvalue weighted by Gasteiger charge is 2.22. The monoisotopic (exact) mass is 299 g/mol. The third-order valence-electron chi connectivity index (χ3n) is 2.76. The lowest BCUT2D eigenvalue weighted by Crippen LogP contribution is -2.29. The highest BCUT2D eigenvalue weighted by atomic mass is 35.5. The fourth-order valence-electron chi connectivity index (χ4n) is 1.87. The van der Waals surface area contributed by atoms with Crippen molar-refractivity contribution in [2.45, 2.75) is 39.3 Å². The van der Waals surface area contributed by atoms with E-state index < -0.39 is 6.10 Å². The van der Waals surface area contributed by atoms with E-state index in [4.69, 9.17) is 21.1 Å². The zero-order valence-electron chi connectivity index (χ0n) is 12.2. The average Bonchev–Trinajstić information content (AvgIpc) is 2.41. The molecule has 0 radical (unpaired) electrons. The molecular weight excluding hydrogens is 278 g/mol. The number of esters is 1. The van der Waals surface area contributed by atoms with Crippen molar-refractivity contribution >= 4 is 17.6 Å². The van der Waals surface area contributed by atoms with Gasteiger partial charge in [0.15, 0.2) is 6.10 Å². The quantitative estimate of drug-likeness (QED) is 0.749. The maximum absolute atomic E-state index is 11.9. The van der Waals surface area contributed by atoms with Gasteiger partial charge in [-0.1, -0.05) is 24.9 Å². The van der Waals surface area contributed by atoms with E-state index in [1.807, 2.05) is 20.0 Å². The number of ether oxygens (including phenoxy) is 2. The lowest BCUT2D eigenvalue weighted by molar-refractivity contribution is -0.151. The maximum Gasteiger partial charge on any atom is 0.347 e. The van der Waals surface area contributed by atoms with Crippen molar-refractivity contribution in [2.75, 3.05) is 13.7 Å². The second-order valence-electron chi connectivity index (χ2n) is 4.43. The Morgan fingerprint density at radius 3 is 2.75 bits per heavy atom. The summed E-state index contributed by atoms with van der Waals surface area (Å²) in [4.78, 5) is 11.9. The lowest BCUT2D eigenvalue weighted by atomic mass is 10.1. The number of benzene rings is 1. The zero-order chi connectivity index (χ0) is 15.0. The molecule has 0 aliphatic carbocycles. The first-order valence-electron chi connectivity index (χ1n) is 6.88. The molecule has 1 N–H and O–H groups in total. The van der Waals surface area contributed by atoms with Crippen molar-refractivity contribution in [3.05, 3.63) is 28.8 Å². The summed E-state index contributed by atoms with van der Waals surface area (Å²) in [6.07, 6.45) is 0.899. The highest BCUT2D eigenvalue weighted by molar-refractivity contribution is 6.30. The molecule has 1 aromatic rings. The fourth-order valence-corrected chi connectivity index (χ4v) is 2.06. The topological polar surface area (TPSA) is 47.6 Å². The summed E-state index contributed by atoms with van der Waals surface area (Å²) in [5, 5.41) is 3.70. The smallest absolute Gasteiger partial charge is 0.347 e. The minimum Gasteiger partial charge on any atom is -0.478 e. The summed E-state index contributed by atoms with van der Waals surface area (Å²) in [6, 6.07) is 5.38.